The van der Waals surface area contributed by atoms with Crippen molar-refractivity contribution in [1.29, 1.82) is 0 Å². The van der Waals surface area contributed by atoms with Crippen LogP contribution in [0.1, 0.15) is 17.1 Å². The van der Waals surface area contributed by atoms with Crippen molar-refractivity contribution < 1.29 is 4.79 Å². The normalized spacial score (nSPS) is 15.6. The van der Waals surface area contributed by atoms with E-state index in [1.165, 1.54) is 0 Å². The maximum absolute atomic E-state index is 12.5. The lowest BCUT2D eigenvalue weighted by molar-refractivity contribution is -0.130. The van der Waals surface area contributed by atoms with Crippen LogP contribution in [0.2, 0.25) is 5.02 Å². The fourth-order valence-corrected chi connectivity index (χ4v) is 3.43. The number of aromatic nitrogens is 2. The molecule has 3 rings (SSSR count). The van der Waals surface area contributed by atoms with Gasteiger partial charge in [0.05, 0.1) is 22.1 Å². The van der Waals surface area contributed by atoms with E-state index in [0.717, 1.165) is 42.6 Å². The van der Waals surface area contributed by atoms with E-state index in [1.807, 2.05) is 29.3 Å². The molecule has 1 saturated heterocycles. The fraction of sp³-hybridized carbons (Fsp3) is 0.438. The van der Waals surface area contributed by atoms with Gasteiger partial charge in [-0.3, -0.25) is 4.79 Å². The second-order valence-electron chi connectivity index (χ2n) is 5.59. The summed E-state index contributed by atoms with van der Waals surface area (Å²) in [5.74, 6) is 1.07. The van der Waals surface area contributed by atoms with Crippen LogP contribution in [-0.2, 0) is 11.2 Å². The van der Waals surface area contributed by atoms with Gasteiger partial charge in [-0.1, -0.05) is 11.6 Å². The minimum absolute atomic E-state index is 0.154. The summed E-state index contributed by atoms with van der Waals surface area (Å²) in [6.45, 7) is 5.14. The summed E-state index contributed by atoms with van der Waals surface area (Å²) in [4.78, 5) is 25.3. The Hall–Kier alpha value is -1.66. The van der Waals surface area contributed by atoms with Gasteiger partial charge in [-0.2, -0.15) is 0 Å². The molecule has 122 valence electrons. The molecule has 1 aliphatic heterocycles. The SMILES string of the molecule is Cc1nc(CC(=O)N2CCCN(c3ccc(Cl)cn3)CC2)cs1. The molecular weight excluding hydrogens is 332 g/mol. The van der Waals surface area contributed by atoms with Crippen LogP contribution < -0.4 is 4.90 Å². The van der Waals surface area contributed by atoms with Gasteiger partial charge >= 0.3 is 0 Å². The number of nitrogens with zero attached hydrogens (tertiary/aromatic N) is 4. The molecule has 1 aliphatic rings. The Morgan fingerprint density at radius 2 is 2.17 bits per heavy atom. The van der Waals surface area contributed by atoms with Gasteiger partial charge in [0.2, 0.25) is 5.91 Å². The molecule has 0 aromatic carbocycles. The summed E-state index contributed by atoms with van der Waals surface area (Å²) in [6.07, 6.45) is 2.99. The van der Waals surface area contributed by atoms with E-state index in [2.05, 4.69) is 14.9 Å². The number of hydrogen-bond acceptors (Lipinski definition) is 5. The first kappa shape index (κ1) is 16.2. The van der Waals surface area contributed by atoms with Crippen molar-refractivity contribution in [2.24, 2.45) is 0 Å². The second-order valence-corrected chi connectivity index (χ2v) is 7.09. The van der Waals surface area contributed by atoms with Crippen LogP contribution in [0.3, 0.4) is 0 Å². The number of thiazole rings is 1. The third-order valence-electron chi connectivity index (χ3n) is 3.88. The number of anilines is 1. The Labute approximate surface area is 144 Å². The number of pyridine rings is 1. The first-order chi connectivity index (χ1) is 11.1. The van der Waals surface area contributed by atoms with Gasteiger partial charge in [-0.05, 0) is 25.5 Å². The smallest absolute Gasteiger partial charge is 0.228 e. The van der Waals surface area contributed by atoms with E-state index in [1.54, 1.807) is 17.5 Å². The van der Waals surface area contributed by atoms with Crippen molar-refractivity contribution in [3.05, 3.63) is 39.4 Å². The first-order valence-corrected chi connectivity index (χ1v) is 8.93. The van der Waals surface area contributed by atoms with Crippen LogP contribution in [-0.4, -0.2) is 47.0 Å². The Morgan fingerprint density at radius 3 is 2.87 bits per heavy atom. The predicted octanol–water partition coefficient (Wildman–Crippen LogP) is 2.78. The molecule has 1 fully saturated rings. The van der Waals surface area contributed by atoms with Crippen LogP contribution >= 0.6 is 22.9 Å². The van der Waals surface area contributed by atoms with E-state index in [-0.39, 0.29) is 5.91 Å². The van der Waals surface area contributed by atoms with E-state index in [0.29, 0.717) is 18.0 Å². The van der Waals surface area contributed by atoms with Gasteiger partial charge < -0.3 is 9.80 Å². The predicted molar refractivity (Wildman–Crippen MR) is 93.2 cm³/mol. The molecule has 23 heavy (non-hydrogen) atoms. The zero-order chi connectivity index (χ0) is 16.2. The van der Waals surface area contributed by atoms with Gasteiger partial charge in [0.15, 0.2) is 0 Å². The van der Waals surface area contributed by atoms with Crippen LogP contribution in [0.15, 0.2) is 23.7 Å². The number of halogens is 1. The summed E-state index contributed by atoms with van der Waals surface area (Å²) in [6, 6.07) is 3.78. The highest BCUT2D eigenvalue weighted by Crippen LogP contribution is 2.17. The standard InChI is InChI=1S/C16H19ClN4OS/c1-12-19-14(11-23-12)9-16(22)21-6-2-5-20(7-8-21)15-4-3-13(17)10-18-15/h3-4,10-11H,2,5-9H2,1H3. The molecule has 0 spiro atoms. The molecule has 0 saturated carbocycles. The van der Waals surface area contributed by atoms with E-state index < -0.39 is 0 Å². The van der Waals surface area contributed by atoms with Crippen molar-refractivity contribution in [1.82, 2.24) is 14.9 Å². The molecule has 2 aromatic rings. The summed E-state index contributed by atoms with van der Waals surface area (Å²) in [5.41, 5.74) is 0.873. The summed E-state index contributed by atoms with van der Waals surface area (Å²) >= 11 is 7.47. The number of hydrogen-bond donors (Lipinski definition) is 0. The number of carbonyl (C=O) groups excluding carboxylic acids is 1. The molecule has 0 unspecified atom stereocenters. The van der Waals surface area contributed by atoms with E-state index in [4.69, 9.17) is 11.6 Å². The summed E-state index contributed by atoms with van der Waals surface area (Å²) < 4.78 is 0. The monoisotopic (exact) mass is 350 g/mol. The molecule has 1 amide bonds. The van der Waals surface area contributed by atoms with Crippen molar-refractivity contribution in [3.8, 4) is 0 Å². The number of rotatable bonds is 3. The van der Waals surface area contributed by atoms with Crippen molar-refractivity contribution in [2.45, 2.75) is 19.8 Å². The first-order valence-electron chi connectivity index (χ1n) is 7.67. The average Bonchev–Trinajstić information content (AvgIpc) is 2.80. The lowest BCUT2D eigenvalue weighted by atomic mass is 10.3. The van der Waals surface area contributed by atoms with Gasteiger partial charge in [0, 0.05) is 37.8 Å². The zero-order valence-corrected chi connectivity index (χ0v) is 14.6. The Kier molecular flexibility index (Phi) is 5.13. The highest BCUT2D eigenvalue weighted by atomic mass is 35.5. The van der Waals surface area contributed by atoms with Crippen molar-refractivity contribution in [3.63, 3.8) is 0 Å². The molecule has 0 radical (unpaired) electrons. The molecule has 0 bridgehead atoms. The van der Waals surface area contributed by atoms with Gasteiger partial charge in [0.1, 0.15) is 5.82 Å². The van der Waals surface area contributed by atoms with Crippen molar-refractivity contribution >= 4 is 34.7 Å². The highest BCUT2D eigenvalue weighted by molar-refractivity contribution is 7.09. The summed E-state index contributed by atoms with van der Waals surface area (Å²) in [5, 5.41) is 3.61. The molecule has 3 heterocycles. The molecule has 7 heteroatoms. The largest absolute Gasteiger partial charge is 0.355 e. The molecule has 5 nitrogen and oxygen atoms in total. The highest BCUT2D eigenvalue weighted by Gasteiger charge is 2.20. The van der Waals surface area contributed by atoms with Crippen LogP contribution in [0.25, 0.3) is 0 Å². The van der Waals surface area contributed by atoms with E-state index >= 15 is 0 Å². The van der Waals surface area contributed by atoms with Gasteiger partial charge in [-0.15, -0.1) is 11.3 Å². The number of amides is 1. The van der Waals surface area contributed by atoms with Crippen molar-refractivity contribution in [2.75, 3.05) is 31.1 Å². The number of aryl methyl sites for hydroxylation is 1. The van der Waals surface area contributed by atoms with Crippen LogP contribution in [0, 0.1) is 6.92 Å². The van der Waals surface area contributed by atoms with Gasteiger partial charge in [-0.25, -0.2) is 9.97 Å². The topological polar surface area (TPSA) is 49.3 Å². The molecular formula is C16H19ClN4OS. The average molecular weight is 351 g/mol. The lowest BCUT2D eigenvalue weighted by Crippen LogP contribution is -2.36. The third-order valence-corrected chi connectivity index (χ3v) is 4.93. The minimum Gasteiger partial charge on any atom is -0.355 e. The van der Waals surface area contributed by atoms with Crippen LogP contribution in [0.4, 0.5) is 5.82 Å². The molecule has 0 aliphatic carbocycles. The Balaban J connectivity index is 1.59. The summed E-state index contributed by atoms with van der Waals surface area (Å²) in [7, 11) is 0. The van der Waals surface area contributed by atoms with E-state index in [9.17, 15) is 4.79 Å². The molecule has 0 N–H and O–H groups in total. The quantitative estimate of drug-likeness (QED) is 0.854. The third kappa shape index (κ3) is 4.20. The molecule has 2 aromatic heterocycles. The Bertz CT molecular complexity index is 673. The maximum atomic E-state index is 12.5. The van der Waals surface area contributed by atoms with Gasteiger partial charge in [0.25, 0.3) is 0 Å². The molecule has 0 atom stereocenters. The maximum Gasteiger partial charge on any atom is 0.228 e. The van der Waals surface area contributed by atoms with Crippen LogP contribution in [0.5, 0.6) is 0 Å². The number of carbonyl (C=O) groups is 1. The minimum atomic E-state index is 0.154. The second kappa shape index (κ2) is 7.27. The zero-order valence-electron chi connectivity index (χ0n) is 13.0. The fourth-order valence-electron chi connectivity index (χ4n) is 2.71. The Morgan fingerprint density at radius 1 is 1.30 bits per heavy atom. The lowest BCUT2D eigenvalue weighted by Gasteiger charge is -2.22.